The lowest BCUT2D eigenvalue weighted by Gasteiger charge is -2.35. The van der Waals surface area contributed by atoms with E-state index < -0.39 is 49.3 Å². The fourth-order valence-corrected chi connectivity index (χ4v) is 5.06. The van der Waals surface area contributed by atoms with Gasteiger partial charge < -0.3 is 20.1 Å². The molecule has 0 radical (unpaired) electrons. The summed E-state index contributed by atoms with van der Waals surface area (Å²) in [7, 11) is 0. The molecule has 1 fully saturated rings. The van der Waals surface area contributed by atoms with Crippen LogP contribution in [-0.4, -0.2) is 45.3 Å². The molecule has 32 heavy (non-hydrogen) atoms. The summed E-state index contributed by atoms with van der Waals surface area (Å²) in [5.74, 6) is -4.53. The third kappa shape index (κ3) is 3.70. The number of fused-ring (bicyclic) bond motifs is 1. The molecule has 1 aromatic heterocycles. The van der Waals surface area contributed by atoms with Gasteiger partial charge >= 0.3 is 18.3 Å². The van der Waals surface area contributed by atoms with E-state index in [2.05, 4.69) is 4.98 Å². The molecule has 174 valence electrons. The van der Waals surface area contributed by atoms with Crippen LogP contribution < -0.4 is 15.9 Å². The molecule has 4 atom stereocenters. The zero-order chi connectivity index (χ0) is 23.3. The highest BCUT2D eigenvalue weighted by Crippen LogP contribution is 2.58. The molecule has 3 heterocycles. The lowest BCUT2D eigenvalue weighted by molar-refractivity contribution is -0.242. The van der Waals surface area contributed by atoms with Crippen molar-refractivity contribution < 1.29 is 41.0 Å². The van der Waals surface area contributed by atoms with E-state index in [1.165, 1.54) is 6.07 Å². The Balaban J connectivity index is 1.63. The molecule has 0 aliphatic carbocycles. The standard InChI is InChI=1S/C17H16F4N3O6PS/c18-14(19)16(8-28-31(32)27-7-9-3-1-2-4-10(9)30-31)17(20,21)12(25)13(29-16)24-6-5-11(22)23-15(24)26/h1-6,12-14,25H,7-8H2,(H2,22,23,26)/t12-,13-,16+,31?/m1/s1. The van der Waals surface area contributed by atoms with Gasteiger partial charge in [-0.3, -0.25) is 13.6 Å². The Hall–Kier alpha value is -2.09. The van der Waals surface area contributed by atoms with Crippen molar-refractivity contribution in [1.82, 2.24) is 9.55 Å². The van der Waals surface area contributed by atoms with Crippen LogP contribution in [-0.2, 0) is 32.2 Å². The predicted molar refractivity (Wildman–Crippen MR) is 105 cm³/mol. The van der Waals surface area contributed by atoms with E-state index >= 15 is 0 Å². The predicted octanol–water partition coefficient (Wildman–Crippen LogP) is 2.20. The molecule has 2 aliphatic heterocycles. The SMILES string of the molecule is Nc1ccn([C@@H]2O[C@@](COP3(=S)OCc4ccccc4O3)(C(F)F)C(F)(F)[C@@H]2O)c(=O)n1. The minimum absolute atomic E-state index is 0.0792. The molecule has 0 saturated carbocycles. The maximum Gasteiger partial charge on any atom is 0.381 e. The van der Waals surface area contributed by atoms with Crippen LogP contribution in [0.15, 0.2) is 41.3 Å². The number of alkyl halides is 4. The molecule has 2 aromatic rings. The van der Waals surface area contributed by atoms with Gasteiger partial charge in [-0.1, -0.05) is 18.2 Å². The number of aliphatic hydroxyl groups is 1. The molecule has 1 unspecified atom stereocenters. The largest absolute Gasteiger partial charge is 0.424 e. The van der Waals surface area contributed by atoms with Crippen molar-refractivity contribution in [2.45, 2.75) is 36.9 Å². The number of halogens is 4. The molecule has 9 nitrogen and oxygen atoms in total. The maximum absolute atomic E-state index is 15.0. The van der Waals surface area contributed by atoms with Crippen molar-refractivity contribution >= 4 is 24.3 Å². The van der Waals surface area contributed by atoms with Crippen molar-refractivity contribution in [3.63, 3.8) is 0 Å². The quantitative estimate of drug-likeness (QED) is 0.474. The molecule has 0 spiro atoms. The zero-order valence-corrected chi connectivity index (χ0v) is 17.6. The first kappa shape index (κ1) is 23.1. The Morgan fingerprint density at radius 1 is 1.38 bits per heavy atom. The van der Waals surface area contributed by atoms with E-state index in [-0.39, 0.29) is 18.2 Å². The van der Waals surface area contributed by atoms with Crippen molar-refractivity contribution in [2.24, 2.45) is 0 Å². The van der Waals surface area contributed by atoms with Gasteiger partial charge in [0.1, 0.15) is 11.6 Å². The monoisotopic (exact) mass is 497 g/mol. The highest BCUT2D eigenvalue weighted by atomic mass is 32.5. The molecule has 1 saturated heterocycles. The van der Waals surface area contributed by atoms with E-state index in [0.29, 0.717) is 10.1 Å². The summed E-state index contributed by atoms with van der Waals surface area (Å²) in [5, 5.41) is 10.1. The first-order valence-corrected chi connectivity index (χ1v) is 11.6. The first-order valence-electron chi connectivity index (χ1n) is 9.02. The van der Waals surface area contributed by atoms with Gasteiger partial charge in [-0.2, -0.15) is 13.8 Å². The summed E-state index contributed by atoms with van der Waals surface area (Å²) < 4.78 is 79.2. The first-order chi connectivity index (χ1) is 15.0. The van der Waals surface area contributed by atoms with Crippen LogP contribution in [0.3, 0.4) is 0 Å². The number of anilines is 1. The minimum Gasteiger partial charge on any atom is -0.424 e. The van der Waals surface area contributed by atoms with E-state index in [0.717, 1.165) is 12.3 Å². The number of hydrogen-bond acceptors (Lipinski definition) is 9. The van der Waals surface area contributed by atoms with Gasteiger partial charge in [-0.05, 0) is 12.1 Å². The Morgan fingerprint density at radius 2 is 2.09 bits per heavy atom. The molecule has 2 aliphatic rings. The smallest absolute Gasteiger partial charge is 0.381 e. The van der Waals surface area contributed by atoms with Crippen molar-refractivity contribution in [1.29, 1.82) is 0 Å². The van der Waals surface area contributed by atoms with Gasteiger partial charge in [0.15, 0.2) is 12.3 Å². The van der Waals surface area contributed by atoms with Gasteiger partial charge in [-0.15, -0.1) is 0 Å². The third-order valence-corrected chi connectivity index (χ3v) is 7.18. The second kappa shape index (κ2) is 8.04. The van der Waals surface area contributed by atoms with Gasteiger partial charge in [0.2, 0.25) is 5.60 Å². The van der Waals surface area contributed by atoms with Crippen LogP contribution in [0.2, 0.25) is 0 Å². The fraction of sp³-hybridized carbons (Fsp3) is 0.412. The topological polar surface area (TPSA) is 118 Å². The van der Waals surface area contributed by atoms with Crippen LogP contribution in [0, 0.1) is 0 Å². The van der Waals surface area contributed by atoms with E-state index in [1.54, 1.807) is 18.2 Å². The molecular weight excluding hydrogens is 481 g/mol. The van der Waals surface area contributed by atoms with Crippen molar-refractivity contribution in [3.05, 3.63) is 52.6 Å². The summed E-state index contributed by atoms with van der Waals surface area (Å²) in [6, 6.07) is 7.58. The number of aromatic nitrogens is 2. The molecule has 1 aromatic carbocycles. The summed E-state index contributed by atoms with van der Waals surface area (Å²) in [5.41, 5.74) is 1.11. The van der Waals surface area contributed by atoms with Crippen LogP contribution in [0.25, 0.3) is 0 Å². The number of rotatable bonds is 5. The molecule has 0 bridgehead atoms. The molecule has 4 rings (SSSR count). The number of nitrogen functional groups attached to an aromatic ring is 1. The maximum atomic E-state index is 15.0. The van der Waals surface area contributed by atoms with E-state index in [4.69, 9.17) is 35.8 Å². The normalized spacial score (nSPS) is 31.3. The molecule has 0 amide bonds. The fourth-order valence-electron chi connectivity index (χ4n) is 3.25. The Labute approximate surface area is 182 Å². The second-order valence-corrected chi connectivity index (χ2v) is 9.94. The van der Waals surface area contributed by atoms with Crippen LogP contribution in [0.5, 0.6) is 5.75 Å². The zero-order valence-electron chi connectivity index (χ0n) is 15.9. The average molecular weight is 497 g/mol. The summed E-state index contributed by atoms with van der Waals surface area (Å²) in [6.45, 7) is -5.32. The second-order valence-electron chi connectivity index (χ2n) is 7.00. The number of hydrogen-bond donors (Lipinski definition) is 2. The Bertz CT molecular complexity index is 1140. The van der Waals surface area contributed by atoms with Crippen LogP contribution in [0.1, 0.15) is 11.8 Å². The summed E-state index contributed by atoms with van der Waals surface area (Å²) in [6.07, 6.45) is -8.00. The molecule has 15 heteroatoms. The third-order valence-electron chi connectivity index (χ3n) is 5.01. The minimum atomic E-state index is -4.56. The average Bonchev–Trinajstić information content (AvgIpc) is 2.93. The van der Waals surface area contributed by atoms with Gasteiger partial charge in [0.25, 0.3) is 6.43 Å². The van der Waals surface area contributed by atoms with Crippen molar-refractivity contribution in [2.75, 3.05) is 12.3 Å². The molecule has 3 N–H and O–H groups in total. The number of nitrogens with zero attached hydrogens (tertiary/aromatic N) is 2. The number of aliphatic hydroxyl groups excluding tert-OH is 1. The van der Waals surface area contributed by atoms with Crippen molar-refractivity contribution in [3.8, 4) is 5.75 Å². The number of ether oxygens (including phenoxy) is 1. The van der Waals surface area contributed by atoms with Gasteiger partial charge in [0.05, 0.1) is 13.2 Å². The Morgan fingerprint density at radius 3 is 2.78 bits per heavy atom. The number of benzene rings is 1. The van der Waals surface area contributed by atoms with Gasteiger partial charge in [-0.25, -0.2) is 13.6 Å². The number of para-hydroxylation sites is 1. The van der Waals surface area contributed by atoms with Gasteiger partial charge in [0, 0.05) is 23.6 Å². The summed E-state index contributed by atoms with van der Waals surface area (Å²) >= 11 is 5.12. The van der Waals surface area contributed by atoms with E-state index in [1.807, 2.05) is 0 Å². The Kier molecular flexibility index (Phi) is 5.80. The number of nitrogens with two attached hydrogens (primary N) is 1. The molecular formula is C17H16F4N3O6PS. The van der Waals surface area contributed by atoms with E-state index in [9.17, 15) is 27.5 Å². The van der Waals surface area contributed by atoms with Crippen LogP contribution in [0.4, 0.5) is 23.4 Å². The van der Waals surface area contributed by atoms with Crippen LogP contribution >= 0.6 is 6.72 Å². The highest BCUT2D eigenvalue weighted by Gasteiger charge is 2.74. The lowest BCUT2D eigenvalue weighted by atomic mass is 9.95. The highest BCUT2D eigenvalue weighted by molar-refractivity contribution is 8.07. The lowest BCUT2D eigenvalue weighted by Crippen LogP contribution is -2.57. The summed E-state index contributed by atoms with van der Waals surface area (Å²) in [4.78, 5) is 15.3.